The molecule has 0 aliphatic heterocycles. The molecule has 1 aromatic carbocycles. The van der Waals surface area contributed by atoms with Crippen molar-refractivity contribution in [2.45, 2.75) is 12.7 Å². The van der Waals surface area contributed by atoms with Gasteiger partial charge in [-0.05, 0) is 17.7 Å². The van der Waals surface area contributed by atoms with E-state index in [1.807, 2.05) is 0 Å². The maximum atomic E-state index is 11.8. The van der Waals surface area contributed by atoms with E-state index in [1.54, 1.807) is 6.07 Å². The first-order valence-electron chi connectivity index (χ1n) is 4.01. The molecule has 0 amide bonds. The van der Waals surface area contributed by atoms with Gasteiger partial charge in [-0.3, -0.25) is 0 Å². The highest BCUT2D eigenvalue weighted by Crippen LogP contribution is 2.20. The fraction of sp³-hybridized carbons (Fsp3) is 0.222. The molecule has 0 aliphatic rings. The van der Waals surface area contributed by atoms with Crippen molar-refractivity contribution in [3.8, 4) is 5.75 Å². The van der Waals surface area contributed by atoms with Crippen LogP contribution in [-0.4, -0.2) is 12.1 Å². The molecule has 0 fully saturated rings. The van der Waals surface area contributed by atoms with E-state index in [0.717, 1.165) is 0 Å². The lowest BCUT2D eigenvalue weighted by atomic mass is 10.2. The van der Waals surface area contributed by atoms with Crippen molar-refractivity contribution in [3.05, 3.63) is 29.8 Å². The molecule has 0 atom stereocenters. The number of halogens is 3. The zero-order valence-corrected chi connectivity index (χ0v) is 7.54. The third kappa shape index (κ3) is 3.25. The smallest absolute Gasteiger partial charge is 0.420 e. The summed E-state index contributed by atoms with van der Waals surface area (Å²) in [6.45, 7) is 0.164. The summed E-state index contributed by atoms with van der Waals surface area (Å²) in [5.41, 5.74) is 5.86. The minimum absolute atomic E-state index is 0.164. The molecule has 3 nitrogen and oxygen atoms in total. The lowest BCUT2D eigenvalue weighted by Gasteiger charge is -2.07. The molecule has 0 aliphatic carbocycles. The Kier molecular flexibility index (Phi) is 3.31. The van der Waals surface area contributed by atoms with Crippen molar-refractivity contribution < 1.29 is 22.7 Å². The Hall–Kier alpha value is -1.56. The first kappa shape index (κ1) is 11.5. The fourth-order valence-electron chi connectivity index (χ4n) is 0.901. The second kappa shape index (κ2) is 4.31. The standard InChI is InChI=1S/C9H8F3NO2/c10-9(11,12)8(14)15-7-3-1-2-6(4-7)5-13/h1-4H,5,13H2. The van der Waals surface area contributed by atoms with Gasteiger partial charge < -0.3 is 10.5 Å². The summed E-state index contributed by atoms with van der Waals surface area (Å²) in [7, 11) is 0. The van der Waals surface area contributed by atoms with Gasteiger partial charge in [0.2, 0.25) is 0 Å². The second-order valence-electron chi connectivity index (χ2n) is 2.74. The number of carbonyl (C=O) groups excluding carboxylic acids is 1. The predicted octanol–water partition coefficient (Wildman–Crippen LogP) is 1.61. The van der Waals surface area contributed by atoms with E-state index in [2.05, 4.69) is 4.74 Å². The van der Waals surface area contributed by atoms with Crippen molar-refractivity contribution in [3.63, 3.8) is 0 Å². The Bertz CT molecular complexity index is 363. The molecule has 0 unspecified atom stereocenters. The van der Waals surface area contributed by atoms with Gasteiger partial charge in [0, 0.05) is 6.54 Å². The molecule has 1 aromatic rings. The van der Waals surface area contributed by atoms with E-state index >= 15 is 0 Å². The van der Waals surface area contributed by atoms with Gasteiger partial charge in [-0.1, -0.05) is 12.1 Å². The van der Waals surface area contributed by atoms with Crippen LogP contribution in [0.5, 0.6) is 5.75 Å². The van der Waals surface area contributed by atoms with Crippen molar-refractivity contribution in [1.29, 1.82) is 0 Å². The third-order valence-electron chi connectivity index (χ3n) is 1.58. The molecule has 6 heteroatoms. The van der Waals surface area contributed by atoms with Gasteiger partial charge in [0.15, 0.2) is 0 Å². The van der Waals surface area contributed by atoms with Crippen molar-refractivity contribution in [1.82, 2.24) is 0 Å². The molecule has 0 aromatic heterocycles. The van der Waals surface area contributed by atoms with E-state index in [0.29, 0.717) is 5.56 Å². The first-order valence-corrected chi connectivity index (χ1v) is 4.01. The fourth-order valence-corrected chi connectivity index (χ4v) is 0.901. The average molecular weight is 219 g/mol. The number of hydrogen-bond acceptors (Lipinski definition) is 3. The summed E-state index contributed by atoms with van der Waals surface area (Å²) < 4.78 is 39.6. The summed E-state index contributed by atoms with van der Waals surface area (Å²) in [5, 5.41) is 0. The van der Waals surface area contributed by atoms with Gasteiger partial charge >= 0.3 is 12.1 Å². The Balaban J connectivity index is 2.77. The first-order chi connectivity index (χ1) is 6.93. The zero-order chi connectivity index (χ0) is 11.5. The van der Waals surface area contributed by atoms with Crippen LogP contribution in [0.4, 0.5) is 13.2 Å². The normalized spacial score (nSPS) is 11.2. The van der Waals surface area contributed by atoms with Gasteiger partial charge in [0.05, 0.1) is 0 Å². The second-order valence-corrected chi connectivity index (χ2v) is 2.74. The summed E-state index contributed by atoms with van der Waals surface area (Å²) in [6.07, 6.45) is -4.99. The Labute approximate surface area is 83.6 Å². The molecular weight excluding hydrogens is 211 g/mol. The molecular formula is C9H8F3NO2. The quantitative estimate of drug-likeness (QED) is 0.607. The zero-order valence-electron chi connectivity index (χ0n) is 7.54. The topological polar surface area (TPSA) is 52.3 Å². The number of esters is 1. The number of alkyl halides is 3. The average Bonchev–Trinajstić information content (AvgIpc) is 2.16. The summed E-state index contributed by atoms with van der Waals surface area (Å²) in [5.74, 6) is -2.41. The predicted molar refractivity (Wildman–Crippen MR) is 46.0 cm³/mol. The van der Waals surface area contributed by atoms with E-state index in [1.165, 1.54) is 18.2 Å². The van der Waals surface area contributed by atoms with Crippen molar-refractivity contribution in [2.75, 3.05) is 0 Å². The third-order valence-corrected chi connectivity index (χ3v) is 1.58. The lowest BCUT2D eigenvalue weighted by Crippen LogP contribution is -2.27. The van der Waals surface area contributed by atoms with Crippen LogP contribution in [0.25, 0.3) is 0 Å². The molecule has 1 rings (SSSR count). The number of carbonyl (C=O) groups is 1. The lowest BCUT2D eigenvalue weighted by molar-refractivity contribution is -0.189. The van der Waals surface area contributed by atoms with Gasteiger partial charge in [0.1, 0.15) is 5.75 Å². The largest absolute Gasteiger partial charge is 0.491 e. The highest BCUT2D eigenvalue weighted by Gasteiger charge is 2.41. The monoisotopic (exact) mass is 219 g/mol. The minimum atomic E-state index is -4.99. The van der Waals surface area contributed by atoms with Crippen LogP contribution < -0.4 is 10.5 Å². The molecule has 82 valence electrons. The Morgan fingerprint density at radius 2 is 2.07 bits per heavy atom. The molecule has 0 saturated carbocycles. The summed E-state index contributed by atoms with van der Waals surface area (Å²) in [4.78, 5) is 10.5. The number of nitrogens with two attached hydrogens (primary N) is 1. The Morgan fingerprint density at radius 1 is 1.40 bits per heavy atom. The maximum Gasteiger partial charge on any atom is 0.491 e. The van der Waals surface area contributed by atoms with E-state index in [4.69, 9.17) is 5.73 Å². The number of rotatable bonds is 2. The van der Waals surface area contributed by atoms with Crippen LogP contribution in [0.15, 0.2) is 24.3 Å². The molecule has 0 bridgehead atoms. The number of benzene rings is 1. The van der Waals surface area contributed by atoms with E-state index < -0.39 is 12.1 Å². The molecule has 2 N–H and O–H groups in total. The molecule has 15 heavy (non-hydrogen) atoms. The SMILES string of the molecule is NCc1cccc(OC(=O)C(F)(F)F)c1. The van der Waals surface area contributed by atoms with Gasteiger partial charge in [-0.2, -0.15) is 13.2 Å². The minimum Gasteiger partial charge on any atom is -0.420 e. The highest BCUT2D eigenvalue weighted by molar-refractivity contribution is 5.78. The molecule has 0 saturated heterocycles. The van der Waals surface area contributed by atoms with Crippen LogP contribution in [0.1, 0.15) is 5.56 Å². The van der Waals surface area contributed by atoms with Crippen LogP contribution in [0, 0.1) is 0 Å². The van der Waals surface area contributed by atoms with Crippen LogP contribution in [-0.2, 0) is 11.3 Å². The van der Waals surface area contributed by atoms with Crippen molar-refractivity contribution >= 4 is 5.97 Å². The van der Waals surface area contributed by atoms with Crippen molar-refractivity contribution in [2.24, 2.45) is 5.73 Å². The maximum absolute atomic E-state index is 11.8. The number of hydrogen-bond donors (Lipinski definition) is 1. The van der Waals surface area contributed by atoms with Gasteiger partial charge in [0.25, 0.3) is 0 Å². The van der Waals surface area contributed by atoms with E-state index in [-0.39, 0.29) is 12.3 Å². The van der Waals surface area contributed by atoms with Gasteiger partial charge in [-0.25, -0.2) is 4.79 Å². The molecule has 0 radical (unpaired) electrons. The Morgan fingerprint density at radius 3 is 2.60 bits per heavy atom. The molecule has 0 spiro atoms. The molecule has 0 heterocycles. The van der Waals surface area contributed by atoms with Gasteiger partial charge in [-0.15, -0.1) is 0 Å². The summed E-state index contributed by atoms with van der Waals surface area (Å²) in [6, 6.07) is 5.61. The van der Waals surface area contributed by atoms with Crippen LogP contribution in [0.2, 0.25) is 0 Å². The van der Waals surface area contributed by atoms with Crippen LogP contribution in [0.3, 0.4) is 0 Å². The highest BCUT2D eigenvalue weighted by atomic mass is 19.4. The van der Waals surface area contributed by atoms with Crippen LogP contribution >= 0.6 is 0 Å². The summed E-state index contributed by atoms with van der Waals surface area (Å²) >= 11 is 0. The number of ether oxygens (including phenoxy) is 1. The van der Waals surface area contributed by atoms with E-state index in [9.17, 15) is 18.0 Å².